The summed E-state index contributed by atoms with van der Waals surface area (Å²) in [7, 11) is 0. The molecule has 0 saturated carbocycles. The third kappa shape index (κ3) is 2.52. The van der Waals surface area contributed by atoms with Crippen molar-refractivity contribution in [2.75, 3.05) is 0 Å². The van der Waals surface area contributed by atoms with E-state index in [9.17, 15) is 0 Å². The van der Waals surface area contributed by atoms with Crippen LogP contribution in [0.5, 0.6) is 0 Å². The normalized spacial score (nSPS) is 13.8. The van der Waals surface area contributed by atoms with Gasteiger partial charge in [-0.25, -0.2) is 0 Å². The lowest BCUT2D eigenvalue weighted by Gasteiger charge is -2.34. The summed E-state index contributed by atoms with van der Waals surface area (Å²) < 4.78 is 0. The molecule has 0 fully saturated rings. The Morgan fingerprint density at radius 2 is 1.10 bits per heavy atom. The molecule has 0 atom stereocenters. The minimum Gasteiger partial charge on any atom is -0.0617 e. The molecule has 4 aromatic carbocycles. The second kappa shape index (κ2) is 6.46. The highest BCUT2D eigenvalue weighted by Crippen LogP contribution is 2.57. The summed E-state index contributed by atoms with van der Waals surface area (Å²) in [5.74, 6) is 0. The Kier molecular flexibility index (Phi) is 3.99. The van der Waals surface area contributed by atoms with Crippen molar-refractivity contribution in [3.05, 3.63) is 129 Å². The molecule has 0 amide bonds. The molecule has 142 valence electrons. The van der Waals surface area contributed by atoms with Gasteiger partial charge in [0.2, 0.25) is 0 Å². The Bertz CT molecular complexity index is 1200. The summed E-state index contributed by atoms with van der Waals surface area (Å²) in [6.45, 7) is 8.83. The van der Waals surface area contributed by atoms with E-state index in [4.69, 9.17) is 0 Å². The van der Waals surface area contributed by atoms with Crippen molar-refractivity contribution in [3.63, 3.8) is 0 Å². The molecule has 0 radical (unpaired) electrons. The third-order valence-electron chi connectivity index (χ3n) is 6.43. The maximum absolute atomic E-state index is 2.40. The van der Waals surface area contributed by atoms with Crippen molar-refractivity contribution in [3.8, 4) is 11.1 Å². The van der Waals surface area contributed by atoms with Crippen LogP contribution in [0.25, 0.3) is 11.1 Å². The minimum atomic E-state index is -0.291. The van der Waals surface area contributed by atoms with Gasteiger partial charge in [0.25, 0.3) is 0 Å². The van der Waals surface area contributed by atoms with E-state index in [1.54, 1.807) is 0 Å². The highest BCUT2D eigenvalue weighted by Gasteiger charge is 2.46. The van der Waals surface area contributed by atoms with Gasteiger partial charge < -0.3 is 0 Å². The Morgan fingerprint density at radius 1 is 0.517 bits per heavy atom. The maximum Gasteiger partial charge on any atom is 0.0713 e. The lowest BCUT2D eigenvalue weighted by molar-refractivity contribution is 0.765. The van der Waals surface area contributed by atoms with Crippen LogP contribution in [0.15, 0.2) is 84.9 Å². The first-order valence-corrected chi connectivity index (χ1v) is 10.4. The van der Waals surface area contributed by atoms with E-state index in [-0.39, 0.29) is 5.41 Å². The molecule has 0 nitrogen and oxygen atoms in total. The van der Waals surface area contributed by atoms with Gasteiger partial charge in [0.15, 0.2) is 0 Å². The maximum atomic E-state index is 2.40. The molecule has 0 saturated heterocycles. The molecule has 0 aliphatic heterocycles. The predicted octanol–water partition coefficient (Wildman–Crippen LogP) is 7.28. The van der Waals surface area contributed by atoms with Crippen molar-refractivity contribution >= 4 is 0 Å². The van der Waals surface area contributed by atoms with Gasteiger partial charge in [-0.1, -0.05) is 102 Å². The van der Waals surface area contributed by atoms with Gasteiger partial charge in [-0.15, -0.1) is 0 Å². The van der Waals surface area contributed by atoms with E-state index >= 15 is 0 Å². The van der Waals surface area contributed by atoms with Gasteiger partial charge in [0.1, 0.15) is 0 Å². The highest BCUT2D eigenvalue weighted by atomic mass is 14.5. The molecule has 0 N–H and O–H groups in total. The molecule has 29 heavy (non-hydrogen) atoms. The summed E-state index contributed by atoms with van der Waals surface area (Å²) >= 11 is 0. The summed E-state index contributed by atoms with van der Waals surface area (Å²) in [4.78, 5) is 0. The zero-order valence-corrected chi connectivity index (χ0v) is 17.6. The van der Waals surface area contributed by atoms with Gasteiger partial charge in [-0.3, -0.25) is 0 Å². The van der Waals surface area contributed by atoms with E-state index < -0.39 is 0 Å². The van der Waals surface area contributed by atoms with E-state index in [1.165, 1.54) is 55.6 Å². The van der Waals surface area contributed by atoms with Crippen LogP contribution in [0, 0.1) is 27.7 Å². The highest BCUT2D eigenvalue weighted by molar-refractivity contribution is 5.88. The molecule has 4 aromatic rings. The zero-order valence-electron chi connectivity index (χ0n) is 17.6. The second-order valence-electron chi connectivity index (χ2n) is 8.54. The first-order valence-electron chi connectivity index (χ1n) is 10.4. The van der Waals surface area contributed by atoms with Crippen LogP contribution in [0.4, 0.5) is 0 Å². The van der Waals surface area contributed by atoms with E-state index in [2.05, 4.69) is 113 Å². The average molecular weight is 375 g/mol. The molecular weight excluding hydrogens is 348 g/mol. The van der Waals surface area contributed by atoms with Gasteiger partial charge in [0.05, 0.1) is 5.41 Å². The Hall–Kier alpha value is -3.12. The van der Waals surface area contributed by atoms with Crippen molar-refractivity contribution in [2.45, 2.75) is 33.1 Å². The number of rotatable bonds is 2. The van der Waals surface area contributed by atoms with Gasteiger partial charge in [-0.2, -0.15) is 0 Å². The van der Waals surface area contributed by atoms with Gasteiger partial charge in [0, 0.05) is 0 Å². The fraction of sp³-hybridized carbons (Fsp3) is 0.172. The monoisotopic (exact) mass is 374 g/mol. The standard InChI is InChI=1S/C29H26/c1-19-8-5-11-23(16-19)29(24-12-6-9-20(2)17-24)26-13-7-10-22(4)28(26)25-15-14-21(3)18-27(25)29/h5-18H,1-4H3. The molecule has 0 unspecified atom stereocenters. The summed E-state index contributed by atoms with van der Waals surface area (Å²) in [5.41, 5.74) is 13.2. The zero-order chi connectivity index (χ0) is 20.2. The first-order chi connectivity index (χ1) is 14.0. The average Bonchev–Trinajstić information content (AvgIpc) is 2.99. The van der Waals surface area contributed by atoms with E-state index in [0.717, 1.165) is 0 Å². The van der Waals surface area contributed by atoms with Crippen molar-refractivity contribution in [1.82, 2.24) is 0 Å². The number of benzene rings is 4. The van der Waals surface area contributed by atoms with Crippen molar-refractivity contribution in [1.29, 1.82) is 0 Å². The van der Waals surface area contributed by atoms with Crippen LogP contribution >= 0.6 is 0 Å². The Balaban J connectivity index is 2.02. The van der Waals surface area contributed by atoms with Crippen LogP contribution in [-0.2, 0) is 5.41 Å². The molecule has 0 spiro atoms. The van der Waals surface area contributed by atoms with Crippen molar-refractivity contribution in [2.24, 2.45) is 0 Å². The number of aryl methyl sites for hydroxylation is 4. The molecule has 0 heterocycles. The molecular formula is C29H26. The Labute approximate surface area is 173 Å². The summed E-state index contributed by atoms with van der Waals surface area (Å²) in [6, 6.07) is 31.9. The van der Waals surface area contributed by atoms with Crippen LogP contribution in [-0.4, -0.2) is 0 Å². The predicted molar refractivity (Wildman–Crippen MR) is 123 cm³/mol. The van der Waals surface area contributed by atoms with E-state index in [0.29, 0.717) is 0 Å². The molecule has 0 aromatic heterocycles. The topological polar surface area (TPSA) is 0 Å². The molecule has 5 rings (SSSR count). The smallest absolute Gasteiger partial charge is 0.0617 e. The fourth-order valence-electron chi connectivity index (χ4n) is 5.21. The lowest BCUT2D eigenvalue weighted by atomic mass is 9.67. The number of hydrogen-bond acceptors (Lipinski definition) is 0. The SMILES string of the molecule is Cc1cccc(C2(c3cccc(C)c3)c3cc(C)ccc3-c3c(C)cccc32)c1. The summed E-state index contributed by atoms with van der Waals surface area (Å²) in [6.07, 6.45) is 0. The van der Waals surface area contributed by atoms with Crippen LogP contribution < -0.4 is 0 Å². The van der Waals surface area contributed by atoms with Gasteiger partial charge >= 0.3 is 0 Å². The largest absolute Gasteiger partial charge is 0.0713 e. The third-order valence-corrected chi connectivity index (χ3v) is 6.43. The van der Waals surface area contributed by atoms with Gasteiger partial charge in [-0.05, 0) is 66.6 Å². The molecule has 1 aliphatic rings. The quantitative estimate of drug-likeness (QED) is 0.304. The number of fused-ring (bicyclic) bond motifs is 3. The first kappa shape index (κ1) is 17.9. The second-order valence-corrected chi connectivity index (χ2v) is 8.54. The number of hydrogen-bond donors (Lipinski definition) is 0. The minimum absolute atomic E-state index is 0.291. The van der Waals surface area contributed by atoms with E-state index in [1.807, 2.05) is 0 Å². The molecule has 0 heteroatoms. The lowest BCUT2D eigenvalue weighted by Crippen LogP contribution is -2.29. The van der Waals surface area contributed by atoms with Crippen LogP contribution in [0.2, 0.25) is 0 Å². The molecule has 0 bridgehead atoms. The Morgan fingerprint density at radius 3 is 1.72 bits per heavy atom. The van der Waals surface area contributed by atoms with Crippen molar-refractivity contribution < 1.29 is 0 Å². The van der Waals surface area contributed by atoms with Crippen LogP contribution in [0.1, 0.15) is 44.5 Å². The summed E-state index contributed by atoms with van der Waals surface area (Å²) in [5, 5.41) is 0. The molecule has 1 aliphatic carbocycles. The fourth-order valence-corrected chi connectivity index (χ4v) is 5.21. The van der Waals surface area contributed by atoms with Crippen LogP contribution in [0.3, 0.4) is 0 Å².